The molecule has 1 rings (SSSR count). The van der Waals surface area contributed by atoms with Gasteiger partial charge in [0.1, 0.15) is 5.78 Å². The van der Waals surface area contributed by atoms with Gasteiger partial charge in [-0.3, -0.25) is 4.79 Å². The zero-order valence-corrected chi connectivity index (χ0v) is 8.13. The Balaban J connectivity index is 2.78. The van der Waals surface area contributed by atoms with Crippen molar-refractivity contribution >= 4 is 11.4 Å². The smallest absolute Gasteiger partial charge is 0.134 e. The SMILES string of the molecule is C=C(CC(C)=O)c1ccc(C)cc1. The summed E-state index contributed by atoms with van der Waals surface area (Å²) in [6.07, 6.45) is 0.447. The predicted octanol–water partition coefficient (Wildman–Crippen LogP) is 2.99. The molecule has 0 radical (unpaired) electrons. The second-order valence-electron chi connectivity index (χ2n) is 3.35. The number of hydrogen-bond acceptors (Lipinski definition) is 1. The first-order valence-corrected chi connectivity index (χ1v) is 4.34. The van der Waals surface area contributed by atoms with E-state index in [-0.39, 0.29) is 5.78 Å². The number of rotatable bonds is 3. The summed E-state index contributed by atoms with van der Waals surface area (Å²) in [7, 11) is 0. The van der Waals surface area contributed by atoms with Crippen molar-refractivity contribution in [3.8, 4) is 0 Å². The molecule has 0 aromatic heterocycles. The third-order valence-electron chi connectivity index (χ3n) is 1.92. The molecule has 0 N–H and O–H groups in total. The first kappa shape index (κ1) is 9.72. The molecule has 0 bridgehead atoms. The summed E-state index contributed by atoms with van der Waals surface area (Å²) in [6.45, 7) is 7.50. The lowest BCUT2D eigenvalue weighted by Gasteiger charge is -2.03. The number of carbonyl (C=O) groups is 1. The van der Waals surface area contributed by atoms with E-state index in [1.807, 2.05) is 31.2 Å². The number of ketones is 1. The second kappa shape index (κ2) is 4.04. The molecule has 1 nitrogen and oxygen atoms in total. The van der Waals surface area contributed by atoms with Crippen LogP contribution in [0.2, 0.25) is 0 Å². The molecule has 13 heavy (non-hydrogen) atoms. The molecule has 0 amide bonds. The minimum atomic E-state index is 0.158. The Labute approximate surface area is 79.1 Å². The molecule has 0 aliphatic carbocycles. The van der Waals surface area contributed by atoms with Gasteiger partial charge in [-0.2, -0.15) is 0 Å². The number of benzene rings is 1. The van der Waals surface area contributed by atoms with Crippen LogP contribution in [0.25, 0.3) is 5.57 Å². The van der Waals surface area contributed by atoms with Crippen molar-refractivity contribution in [1.29, 1.82) is 0 Å². The Hall–Kier alpha value is -1.37. The molecule has 0 unspecified atom stereocenters. The van der Waals surface area contributed by atoms with Gasteiger partial charge in [0.2, 0.25) is 0 Å². The van der Waals surface area contributed by atoms with Crippen LogP contribution in [0.5, 0.6) is 0 Å². The third kappa shape index (κ3) is 2.86. The summed E-state index contributed by atoms with van der Waals surface area (Å²) in [6, 6.07) is 8.06. The Bertz CT molecular complexity index is 319. The van der Waals surface area contributed by atoms with E-state index >= 15 is 0 Å². The number of aryl methyl sites for hydroxylation is 1. The maximum Gasteiger partial charge on any atom is 0.134 e. The maximum atomic E-state index is 10.8. The van der Waals surface area contributed by atoms with E-state index in [9.17, 15) is 4.79 Å². The normalized spacial score (nSPS) is 9.69. The molecule has 0 spiro atoms. The van der Waals surface area contributed by atoms with Gasteiger partial charge in [-0.05, 0) is 25.0 Å². The Kier molecular flexibility index (Phi) is 3.02. The van der Waals surface area contributed by atoms with Crippen molar-refractivity contribution < 1.29 is 4.79 Å². The van der Waals surface area contributed by atoms with Crippen LogP contribution in [0.15, 0.2) is 30.8 Å². The highest BCUT2D eigenvalue weighted by atomic mass is 16.1. The summed E-state index contributed by atoms with van der Waals surface area (Å²) in [4.78, 5) is 10.8. The fourth-order valence-electron chi connectivity index (χ4n) is 1.19. The van der Waals surface area contributed by atoms with Gasteiger partial charge in [-0.15, -0.1) is 0 Å². The average molecular weight is 174 g/mol. The van der Waals surface area contributed by atoms with Gasteiger partial charge in [0.05, 0.1) is 0 Å². The van der Waals surface area contributed by atoms with Crippen molar-refractivity contribution in [2.45, 2.75) is 20.3 Å². The lowest BCUT2D eigenvalue weighted by atomic mass is 10.0. The van der Waals surface area contributed by atoms with Crippen molar-refractivity contribution in [1.82, 2.24) is 0 Å². The standard InChI is InChI=1S/C12H14O/c1-9-4-6-12(7-5-9)10(2)8-11(3)13/h4-7H,2,8H2,1,3H3. The van der Waals surface area contributed by atoms with E-state index in [0.29, 0.717) is 6.42 Å². The monoisotopic (exact) mass is 174 g/mol. The fraction of sp³-hybridized carbons (Fsp3) is 0.250. The lowest BCUT2D eigenvalue weighted by Crippen LogP contribution is -1.92. The topological polar surface area (TPSA) is 17.1 Å². The minimum Gasteiger partial charge on any atom is -0.300 e. The van der Waals surface area contributed by atoms with Crippen LogP contribution in [0.3, 0.4) is 0 Å². The molecule has 0 aliphatic heterocycles. The second-order valence-corrected chi connectivity index (χ2v) is 3.35. The van der Waals surface area contributed by atoms with Crippen molar-refractivity contribution in [2.75, 3.05) is 0 Å². The van der Waals surface area contributed by atoms with Crippen LogP contribution in [0.1, 0.15) is 24.5 Å². The summed E-state index contributed by atoms with van der Waals surface area (Å²) in [5.41, 5.74) is 3.17. The molecule has 0 saturated carbocycles. The van der Waals surface area contributed by atoms with Gasteiger partial charge >= 0.3 is 0 Å². The molecule has 0 fully saturated rings. The number of Topliss-reactive ketones (excluding diaryl/α,β-unsaturated/α-hetero) is 1. The van der Waals surface area contributed by atoms with E-state index in [4.69, 9.17) is 0 Å². The molecule has 0 aliphatic rings. The van der Waals surface area contributed by atoms with Crippen molar-refractivity contribution in [2.24, 2.45) is 0 Å². The van der Waals surface area contributed by atoms with E-state index < -0.39 is 0 Å². The van der Waals surface area contributed by atoms with E-state index in [1.54, 1.807) is 6.92 Å². The van der Waals surface area contributed by atoms with Crippen molar-refractivity contribution in [3.63, 3.8) is 0 Å². The Morgan fingerprint density at radius 3 is 2.31 bits per heavy atom. The van der Waals surface area contributed by atoms with Gasteiger partial charge in [-0.1, -0.05) is 36.4 Å². The molecule has 0 saturated heterocycles. The highest BCUT2D eigenvalue weighted by molar-refractivity contribution is 5.87. The van der Waals surface area contributed by atoms with E-state index in [0.717, 1.165) is 11.1 Å². The zero-order chi connectivity index (χ0) is 9.84. The van der Waals surface area contributed by atoms with Gasteiger partial charge in [-0.25, -0.2) is 0 Å². The molecule has 1 aromatic carbocycles. The van der Waals surface area contributed by atoms with E-state index in [2.05, 4.69) is 6.58 Å². The fourth-order valence-corrected chi connectivity index (χ4v) is 1.19. The van der Waals surface area contributed by atoms with Gasteiger partial charge in [0.15, 0.2) is 0 Å². The largest absolute Gasteiger partial charge is 0.300 e. The first-order valence-electron chi connectivity index (χ1n) is 4.34. The third-order valence-corrected chi connectivity index (χ3v) is 1.92. The van der Waals surface area contributed by atoms with Crippen LogP contribution in [0, 0.1) is 6.92 Å². The van der Waals surface area contributed by atoms with Gasteiger partial charge in [0, 0.05) is 6.42 Å². The number of allylic oxidation sites excluding steroid dienone is 1. The molecule has 1 heteroatoms. The summed E-state index contributed by atoms with van der Waals surface area (Å²) in [5, 5.41) is 0. The van der Waals surface area contributed by atoms with Crippen LogP contribution < -0.4 is 0 Å². The van der Waals surface area contributed by atoms with Gasteiger partial charge in [0.25, 0.3) is 0 Å². The summed E-state index contributed by atoms with van der Waals surface area (Å²) < 4.78 is 0. The van der Waals surface area contributed by atoms with Crippen LogP contribution >= 0.6 is 0 Å². The van der Waals surface area contributed by atoms with Gasteiger partial charge < -0.3 is 0 Å². The molecule has 0 heterocycles. The summed E-state index contributed by atoms with van der Waals surface area (Å²) in [5.74, 6) is 0.158. The van der Waals surface area contributed by atoms with Crippen LogP contribution in [-0.4, -0.2) is 5.78 Å². The number of carbonyl (C=O) groups excluding carboxylic acids is 1. The molecule has 68 valence electrons. The average Bonchev–Trinajstić information content (AvgIpc) is 2.04. The lowest BCUT2D eigenvalue weighted by molar-refractivity contribution is -0.116. The first-order chi connectivity index (χ1) is 6.09. The molecular formula is C12H14O. The number of hydrogen-bond donors (Lipinski definition) is 0. The Morgan fingerprint density at radius 2 is 1.85 bits per heavy atom. The minimum absolute atomic E-state index is 0.158. The quantitative estimate of drug-likeness (QED) is 0.688. The highest BCUT2D eigenvalue weighted by Gasteiger charge is 2.00. The summed E-state index contributed by atoms with van der Waals surface area (Å²) >= 11 is 0. The zero-order valence-electron chi connectivity index (χ0n) is 8.13. The molecule has 1 aromatic rings. The van der Waals surface area contributed by atoms with Crippen LogP contribution in [0.4, 0.5) is 0 Å². The van der Waals surface area contributed by atoms with E-state index in [1.165, 1.54) is 5.56 Å². The van der Waals surface area contributed by atoms with Crippen LogP contribution in [-0.2, 0) is 4.79 Å². The highest BCUT2D eigenvalue weighted by Crippen LogP contribution is 2.16. The maximum absolute atomic E-state index is 10.8. The molecular weight excluding hydrogens is 160 g/mol. The molecule has 0 atom stereocenters. The predicted molar refractivity (Wildman–Crippen MR) is 55.5 cm³/mol. The Morgan fingerprint density at radius 1 is 1.31 bits per heavy atom. The van der Waals surface area contributed by atoms with Crippen molar-refractivity contribution in [3.05, 3.63) is 42.0 Å².